The number of carbonyl (C=O) groups is 2. The predicted octanol–water partition coefficient (Wildman–Crippen LogP) is 6.58. The lowest BCUT2D eigenvalue weighted by molar-refractivity contribution is -0.248. The zero-order valence-electron chi connectivity index (χ0n) is 21.5. The number of rotatable bonds is 7. The molecule has 0 radical (unpaired) electrons. The highest BCUT2D eigenvalue weighted by Gasteiger charge is 2.56. The molecule has 0 aliphatic heterocycles. The van der Waals surface area contributed by atoms with Crippen molar-refractivity contribution in [2.45, 2.75) is 32.0 Å². The van der Waals surface area contributed by atoms with Gasteiger partial charge in [0, 0.05) is 23.1 Å². The molecule has 1 heterocycles. The Kier molecular flexibility index (Phi) is 8.27. The third-order valence-electron chi connectivity index (χ3n) is 6.39. The maximum absolute atomic E-state index is 14.2. The van der Waals surface area contributed by atoms with E-state index in [1.807, 2.05) is 0 Å². The van der Waals surface area contributed by atoms with E-state index < -0.39 is 17.7 Å². The molecule has 4 rings (SSSR count). The van der Waals surface area contributed by atoms with Gasteiger partial charge < -0.3 is 15.7 Å². The molecule has 2 amide bonds. The van der Waals surface area contributed by atoms with Crippen molar-refractivity contribution in [2.24, 2.45) is 0 Å². The first-order chi connectivity index (χ1) is 18.9. The number of nitrogens with zero attached hydrogens (tertiary/aromatic N) is 1. The molecular weight excluding hydrogens is 543 g/mol. The minimum absolute atomic E-state index is 0.0128. The molecule has 3 aromatic carbocycles. The maximum Gasteiger partial charge on any atom is 0.425 e. The summed E-state index contributed by atoms with van der Waals surface area (Å²) in [5, 5.41) is 16.6. The standard InChI is InChI=1S/C30H25ClF3N3O3/c1-18-14-23(29(40,30(32,33)34)22-10-4-3-5-11-22)15-19(2)26(18)37-28(39)21-8-6-12-24(16-21)36-25(38)17-20-9-7-13-35-27(20)31/h3-16,40H,17H2,1-2H3,(H,36,38)(H,37,39). The normalized spacial score (nSPS) is 12.9. The van der Waals surface area contributed by atoms with Crippen molar-refractivity contribution in [1.82, 2.24) is 4.98 Å². The summed E-state index contributed by atoms with van der Waals surface area (Å²) < 4.78 is 42.5. The predicted molar refractivity (Wildman–Crippen MR) is 147 cm³/mol. The number of carbonyl (C=O) groups excluding carboxylic acids is 2. The van der Waals surface area contributed by atoms with Crippen LogP contribution in [0.5, 0.6) is 0 Å². The summed E-state index contributed by atoms with van der Waals surface area (Å²) in [6.45, 7) is 3.10. The van der Waals surface area contributed by atoms with Crippen LogP contribution in [0.3, 0.4) is 0 Å². The number of pyridine rings is 1. The fraction of sp³-hybridized carbons (Fsp3) is 0.167. The van der Waals surface area contributed by atoms with Crippen molar-refractivity contribution in [1.29, 1.82) is 0 Å². The van der Waals surface area contributed by atoms with E-state index in [0.29, 0.717) is 28.1 Å². The van der Waals surface area contributed by atoms with Crippen LogP contribution in [0.4, 0.5) is 24.5 Å². The molecule has 0 saturated carbocycles. The summed E-state index contributed by atoms with van der Waals surface area (Å²) in [4.78, 5) is 29.5. The molecule has 4 aromatic rings. The Morgan fingerprint density at radius 1 is 0.875 bits per heavy atom. The van der Waals surface area contributed by atoms with Crippen LogP contribution in [0.2, 0.25) is 5.15 Å². The van der Waals surface area contributed by atoms with E-state index in [0.717, 1.165) is 0 Å². The highest BCUT2D eigenvalue weighted by atomic mass is 35.5. The molecule has 1 atom stereocenters. The van der Waals surface area contributed by atoms with Crippen molar-refractivity contribution in [3.8, 4) is 0 Å². The minimum Gasteiger partial charge on any atom is -0.372 e. The highest BCUT2D eigenvalue weighted by molar-refractivity contribution is 6.30. The number of amides is 2. The highest BCUT2D eigenvalue weighted by Crippen LogP contribution is 2.45. The summed E-state index contributed by atoms with van der Waals surface area (Å²) in [7, 11) is 0. The molecule has 3 N–H and O–H groups in total. The lowest BCUT2D eigenvalue weighted by Crippen LogP contribution is -2.43. The molecule has 6 nitrogen and oxygen atoms in total. The van der Waals surface area contributed by atoms with Crippen molar-refractivity contribution < 1.29 is 27.9 Å². The van der Waals surface area contributed by atoms with Crippen LogP contribution in [0, 0.1) is 13.8 Å². The third-order valence-corrected chi connectivity index (χ3v) is 6.73. The quantitative estimate of drug-likeness (QED) is 0.220. The Morgan fingerprint density at radius 3 is 2.17 bits per heavy atom. The van der Waals surface area contributed by atoms with Gasteiger partial charge in [-0.3, -0.25) is 9.59 Å². The largest absolute Gasteiger partial charge is 0.425 e. The van der Waals surface area contributed by atoms with Crippen LogP contribution in [-0.4, -0.2) is 28.1 Å². The van der Waals surface area contributed by atoms with Gasteiger partial charge in [-0.2, -0.15) is 13.2 Å². The summed E-state index contributed by atoms with van der Waals surface area (Å²) in [5.41, 5.74) is -1.80. The van der Waals surface area contributed by atoms with Crippen LogP contribution in [0.1, 0.15) is 38.2 Å². The van der Waals surface area contributed by atoms with Gasteiger partial charge >= 0.3 is 6.18 Å². The van der Waals surface area contributed by atoms with E-state index in [2.05, 4.69) is 15.6 Å². The fourth-order valence-electron chi connectivity index (χ4n) is 4.40. The van der Waals surface area contributed by atoms with Crippen LogP contribution >= 0.6 is 11.6 Å². The molecule has 0 spiro atoms. The molecule has 1 unspecified atom stereocenters. The monoisotopic (exact) mass is 567 g/mol. The lowest BCUT2D eigenvalue weighted by atomic mass is 9.83. The van der Waals surface area contributed by atoms with Crippen molar-refractivity contribution in [3.05, 3.63) is 124 Å². The average Bonchev–Trinajstić information content (AvgIpc) is 2.91. The number of aromatic nitrogens is 1. The van der Waals surface area contributed by atoms with Gasteiger partial charge in [0.15, 0.2) is 0 Å². The van der Waals surface area contributed by atoms with Crippen LogP contribution in [-0.2, 0) is 16.8 Å². The number of alkyl halides is 3. The van der Waals surface area contributed by atoms with Crippen molar-refractivity contribution in [3.63, 3.8) is 0 Å². The summed E-state index contributed by atoms with van der Waals surface area (Å²) in [5.74, 6) is -0.884. The van der Waals surface area contributed by atoms with Gasteiger partial charge in [0.2, 0.25) is 11.5 Å². The molecule has 10 heteroatoms. The summed E-state index contributed by atoms with van der Waals surface area (Å²) in [6, 6.07) is 18.8. The maximum atomic E-state index is 14.2. The first-order valence-electron chi connectivity index (χ1n) is 12.2. The number of aliphatic hydroxyl groups is 1. The van der Waals surface area contributed by atoms with Gasteiger partial charge in [-0.15, -0.1) is 0 Å². The van der Waals surface area contributed by atoms with Crippen molar-refractivity contribution >= 4 is 34.8 Å². The van der Waals surface area contributed by atoms with Gasteiger partial charge in [0.05, 0.1) is 6.42 Å². The Hall–Kier alpha value is -4.21. The molecule has 206 valence electrons. The lowest BCUT2D eigenvalue weighted by Gasteiger charge is -2.32. The summed E-state index contributed by atoms with van der Waals surface area (Å²) in [6.07, 6.45) is -3.49. The van der Waals surface area contributed by atoms with Crippen molar-refractivity contribution in [2.75, 3.05) is 10.6 Å². The Labute approximate surface area is 233 Å². The zero-order chi connectivity index (χ0) is 29.1. The number of nitrogens with one attached hydrogen (secondary N) is 2. The van der Waals surface area contributed by atoms with E-state index in [-0.39, 0.29) is 34.2 Å². The smallest absolute Gasteiger partial charge is 0.372 e. The van der Waals surface area contributed by atoms with E-state index >= 15 is 0 Å². The van der Waals surface area contributed by atoms with Gasteiger partial charge in [0.1, 0.15) is 5.15 Å². The van der Waals surface area contributed by atoms with E-state index in [4.69, 9.17) is 11.6 Å². The molecule has 0 fully saturated rings. The molecule has 0 saturated heterocycles. The second kappa shape index (κ2) is 11.5. The number of aryl methyl sites for hydroxylation is 2. The number of anilines is 2. The van der Waals surface area contributed by atoms with Gasteiger partial charge in [-0.25, -0.2) is 4.98 Å². The zero-order valence-corrected chi connectivity index (χ0v) is 22.3. The van der Waals surface area contributed by atoms with Gasteiger partial charge in [0.25, 0.3) is 5.91 Å². The Balaban J connectivity index is 1.55. The first-order valence-corrected chi connectivity index (χ1v) is 12.5. The molecule has 0 aliphatic rings. The molecular formula is C30H25ClF3N3O3. The van der Waals surface area contributed by atoms with Crippen LogP contribution < -0.4 is 10.6 Å². The summed E-state index contributed by atoms with van der Waals surface area (Å²) >= 11 is 6.02. The number of halogens is 4. The van der Waals surface area contributed by atoms with Crippen LogP contribution in [0.25, 0.3) is 0 Å². The Bertz CT molecular complexity index is 1540. The van der Waals surface area contributed by atoms with Gasteiger partial charge in [-0.05, 0) is 65.9 Å². The second-order valence-electron chi connectivity index (χ2n) is 9.27. The fourth-order valence-corrected chi connectivity index (χ4v) is 4.58. The number of hydrogen-bond acceptors (Lipinski definition) is 4. The SMILES string of the molecule is Cc1cc(C(O)(c2ccccc2)C(F)(F)F)cc(C)c1NC(=O)c1cccc(NC(=O)Cc2cccnc2Cl)c1. The molecule has 0 bridgehead atoms. The first kappa shape index (κ1) is 28.8. The topological polar surface area (TPSA) is 91.3 Å². The minimum atomic E-state index is -4.99. The molecule has 0 aliphatic carbocycles. The van der Waals surface area contributed by atoms with E-state index in [1.54, 1.807) is 50.2 Å². The number of benzene rings is 3. The molecule has 40 heavy (non-hydrogen) atoms. The molecule has 1 aromatic heterocycles. The van der Waals surface area contributed by atoms with Crippen LogP contribution in [0.15, 0.2) is 85.1 Å². The average molecular weight is 568 g/mol. The Morgan fingerprint density at radius 2 is 1.55 bits per heavy atom. The van der Waals surface area contributed by atoms with Gasteiger partial charge in [-0.1, -0.05) is 66.2 Å². The second-order valence-corrected chi connectivity index (χ2v) is 9.63. The number of hydrogen-bond donors (Lipinski definition) is 3. The van der Waals surface area contributed by atoms with E-state index in [9.17, 15) is 27.9 Å². The van der Waals surface area contributed by atoms with E-state index in [1.165, 1.54) is 48.7 Å². The third kappa shape index (κ3) is 6.00.